The second-order valence-electron chi connectivity index (χ2n) is 6.57. The van der Waals surface area contributed by atoms with E-state index in [0.29, 0.717) is 11.5 Å². The molecule has 0 aliphatic carbocycles. The summed E-state index contributed by atoms with van der Waals surface area (Å²) >= 11 is 3.47. The summed E-state index contributed by atoms with van der Waals surface area (Å²) in [7, 11) is 0. The van der Waals surface area contributed by atoms with E-state index >= 15 is 0 Å². The van der Waals surface area contributed by atoms with Crippen LogP contribution in [-0.2, 0) is 6.54 Å². The Bertz CT molecular complexity index is 719. The first-order valence-electron chi connectivity index (χ1n) is 8.33. The molecule has 1 fully saturated rings. The first-order chi connectivity index (χ1) is 11.5. The first kappa shape index (κ1) is 17.2. The summed E-state index contributed by atoms with van der Waals surface area (Å²) in [6, 6.07) is 14.1. The molecule has 0 spiro atoms. The zero-order valence-electron chi connectivity index (χ0n) is 13.8. The number of aryl methyl sites for hydroxylation is 1. The van der Waals surface area contributed by atoms with Crippen molar-refractivity contribution in [1.82, 2.24) is 4.90 Å². The fourth-order valence-electron chi connectivity index (χ4n) is 3.46. The van der Waals surface area contributed by atoms with Gasteiger partial charge < -0.3 is 5.11 Å². The summed E-state index contributed by atoms with van der Waals surface area (Å²) < 4.78 is 1.10. The molecule has 3 rings (SSSR count). The van der Waals surface area contributed by atoms with Crippen molar-refractivity contribution in [2.75, 3.05) is 13.1 Å². The Morgan fingerprint density at radius 2 is 1.83 bits per heavy atom. The van der Waals surface area contributed by atoms with Crippen LogP contribution in [0.1, 0.15) is 45.8 Å². The summed E-state index contributed by atoms with van der Waals surface area (Å²) in [5.41, 5.74) is 3.92. The van der Waals surface area contributed by atoms with Gasteiger partial charge >= 0.3 is 5.97 Å². The molecule has 24 heavy (non-hydrogen) atoms. The summed E-state index contributed by atoms with van der Waals surface area (Å²) in [5, 5.41) is 9.44. The van der Waals surface area contributed by atoms with Crippen molar-refractivity contribution >= 4 is 21.9 Å². The zero-order valence-corrected chi connectivity index (χ0v) is 15.4. The molecule has 4 heteroatoms. The minimum absolute atomic E-state index is 0.345. The monoisotopic (exact) mass is 387 g/mol. The van der Waals surface area contributed by atoms with Crippen LogP contribution < -0.4 is 0 Å². The van der Waals surface area contributed by atoms with Crippen LogP contribution in [-0.4, -0.2) is 29.1 Å². The molecule has 1 saturated heterocycles. The highest BCUT2D eigenvalue weighted by molar-refractivity contribution is 9.10. The molecule has 0 saturated carbocycles. The van der Waals surface area contributed by atoms with Gasteiger partial charge in [-0.25, -0.2) is 4.79 Å². The number of piperidine rings is 1. The van der Waals surface area contributed by atoms with E-state index in [1.54, 1.807) is 6.07 Å². The van der Waals surface area contributed by atoms with Gasteiger partial charge in [0, 0.05) is 11.0 Å². The molecule has 1 heterocycles. The fraction of sp³-hybridized carbons (Fsp3) is 0.350. The molecular weight excluding hydrogens is 366 g/mol. The van der Waals surface area contributed by atoms with Gasteiger partial charge in [-0.15, -0.1) is 0 Å². The molecule has 0 bridgehead atoms. The van der Waals surface area contributed by atoms with Gasteiger partial charge in [0.05, 0.1) is 5.56 Å². The van der Waals surface area contributed by atoms with Crippen molar-refractivity contribution in [1.29, 1.82) is 0 Å². The lowest BCUT2D eigenvalue weighted by molar-refractivity contribution is 0.0694. The second kappa shape index (κ2) is 7.49. The molecule has 1 aliphatic heterocycles. The summed E-state index contributed by atoms with van der Waals surface area (Å²) in [6.45, 7) is 5.00. The Balaban J connectivity index is 1.66. The number of nitrogens with zero attached hydrogens (tertiary/aromatic N) is 1. The maximum atomic E-state index is 11.5. The standard InChI is InChI=1S/C20H22BrNO2/c1-14-2-7-18(20(23)24)19(12-14)16-8-10-22(11-9-16)13-15-3-5-17(21)6-4-15/h2-7,12,16H,8-11,13H2,1H3,(H,23,24). The van der Waals surface area contributed by atoms with E-state index in [2.05, 4.69) is 51.2 Å². The third-order valence-electron chi connectivity index (χ3n) is 4.78. The van der Waals surface area contributed by atoms with Crippen LogP contribution in [0, 0.1) is 6.92 Å². The van der Waals surface area contributed by atoms with E-state index in [4.69, 9.17) is 0 Å². The minimum atomic E-state index is -0.817. The van der Waals surface area contributed by atoms with Crippen molar-refractivity contribution < 1.29 is 9.90 Å². The Morgan fingerprint density at radius 1 is 1.17 bits per heavy atom. The normalized spacial score (nSPS) is 16.2. The quantitative estimate of drug-likeness (QED) is 0.815. The number of aromatic carboxylic acids is 1. The molecule has 0 amide bonds. The maximum absolute atomic E-state index is 11.5. The van der Waals surface area contributed by atoms with Gasteiger partial charge in [0.25, 0.3) is 0 Å². The van der Waals surface area contributed by atoms with Crippen molar-refractivity contribution in [3.05, 3.63) is 69.2 Å². The number of rotatable bonds is 4. The van der Waals surface area contributed by atoms with Crippen LogP contribution in [0.5, 0.6) is 0 Å². The van der Waals surface area contributed by atoms with Crippen molar-refractivity contribution in [2.24, 2.45) is 0 Å². The molecule has 0 unspecified atom stereocenters. The third kappa shape index (κ3) is 4.05. The van der Waals surface area contributed by atoms with Gasteiger partial charge in [-0.3, -0.25) is 4.90 Å². The van der Waals surface area contributed by atoms with E-state index in [1.165, 1.54) is 5.56 Å². The van der Waals surface area contributed by atoms with Gasteiger partial charge in [0.1, 0.15) is 0 Å². The summed E-state index contributed by atoms with van der Waals surface area (Å²) in [6.07, 6.45) is 2.03. The third-order valence-corrected chi connectivity index (χ3v) is 5.31. The van der Waals surface area contributed by atoms with Gasteiger partial charge in [0.2, 0.25) is 0 Å². The van der Waals surface area contributed by atoms with Crippen LogP contribution in [0.3, 0.4) is 0 Å². The number of benzene rings is 2. The van der Waals surface area contributed by atoms with Crippen LogP contribution in [0.4, 0.5) is 0 Å². The number of hydrogen-bond donors (Lipinski definition) is 1. The molecule has 0 aromatic heterocycles. The molecule has 3 nitrogen and oxygen atoms in total. The minimum Gasteiger partial charge on any atom is -0.478 e. The average Bonchev–Trinajstić information content (AvgIpc) is 2.57. The number of halogens is 1. The van der Waals surface area contributed by atoms with Gasteiger partial charge in [0.15, 0.2) is 0 Å². The number of hydrogen-bond acceptors (Lipinski definition) is 2. The summed E-state index contributed by atoms with van der Waals surface area (Å²) in [4.78, 5) is 13.9. The van der Waals surface area contributed by atoms with Crippen LogP contribution in [0.15, 0.2) is 46.9 Å². The predicted molar refractivity (Wildman–Crippen MR) is 99.5 cm³/mol. The van der Waals surface area contributed by atoms with Gasteiger partial charge in [-0.2, -0.15) is 0 Å². The molecule has 2 aromatic carbocycles. The lowest BCUT2D eigenvalue weighted by atomic mass is 9.85. The molecule has 1 N–H and O–H groups in total. The zero-order chi connectivity index (χ0) is 17.1. The molecular formula is C20H22BrNO2. The number of likely N-dealkylation sites (tertiary alicyclic amines) is 1. The topological polar surface area (TPSA) is 40.5 Å². The lowest BCUT2D eigenvalue weighted by Crippen LogP contribution is -2.32. The highest BCUT2D eigenvalue weighted by Gasteiger charge is 2.24. The Hall–Kier alpha value is -1.65. The number of carboxylic acid groups (broad SMARTS) is 1. The first-order valence-corrected chi connectivity index (χ1v) is 9.13. The van der Waals surface area contributed by atoms with E-state index in [0.717, 1.165) is 48.1 Å². The summed E-state index contributed by atoms with van der Waals surface area (Å²) in [5.74, 6) is -0.473. The molecule has 0 atom stereocenters. The van der Waals surface area contributed by atoms with Crippen molar-refractivity contribution in [2.45, 2.75) is 32.2 Å². The smallest absolute Gasteiger partial charge is 0.335 e. The van der Waals surface area contributed by atoms with E-state index in [-0.39, 0.29) is 0 Å². The van der Waals surface area contributed by atoms with Crippen LogP contribution >= 0.6 is 15.9 Å². The van der Waals surface area contributed by atoms with Crippen molar-refractivity contribution in [3.63, 3.8) is 0 Å². The second-order valence-corrected chi connectivity index (χ2v) is 7.49. The van der Waals surface area contributed by atoms with Gasteiger partial charge in [-0.1, -0.05) is 45.8 Å². The van der Waals surface area contributed by atoms with Gasteiger partial charge in [-0.05, 0) is 68.1 Å². The van der Waals surface area contributed by atoms with Crippen molar-refractivity contribution in [3.8, 4) is 0 Å². The highest BCUT2D eigenvalue weighted by Crippen LogP contribution is 2.31. The van der Waals surface area contributed by atoms with Crippen LogP contribution in [0.25, 0.3) is 0 Å². The predicted octanol–water partition coefficient (Wildman–Crippen LogP) is 4.84. The largest absolute Gasteiger partial charge is 0.478 e. The number of carboxylic acids is 1. The Labute approximate surface area is 151 Å². The Kier molecular flexibility index (Phi) is 5.36. The number of carbonyl (C=O) groups is 1. The molecule has 126 valence electrons. The SMILES string of the molecule is Cc1ccc(C(=O)O)c(C2CCN(Cc3ccc(Br)cc3)CC2)c1. The Morgan fingerprint density at radius 3 is 2.46 bits per heavy atom. The van der Waals surface area contributed by atoms with E-state index in [1.807, 2.05) is 13.0 Å². The van der Waals surface area contributed by atoms with E-state index < -0.39 is 5.97 Å². The lowest BCUT2D eigenvalue weighted by Gasteiger charge is -2.33. The maximum Gasteiger partial charge on any atom is 0.335 e. The highest BCUT2D eigenvalue weighted by atomic mass is 79.9. The molecule has 1 aliphatic rings. The fourth-order valence-corrected chi connectivity index (χ4v) is 3.73. The van der Waals surface area contributed by atoms with E-state index in [9.17, 15) is 9.90 Å². The average molecular weight is 388 g/mol. The van der Waals surface area contributed by atoms with Crippen LogP contribution in [0.2, 0.25) is 0 Å². The molecule has 0 radical (unpaired) electrons. The molecule has 2 aromatic rings.